The van der Waals surface area contributed by atoms with E-state index in [0.717, 1.165) is 25.7 Å². The number of aromatic nitrogens is 5. The number of pyridine rings is 1. The Hall–Kier alpha value is -2.02. The molecule has 122 valence electrons. The van der Waals surface area contributed by atoms with Crippen molar-refractivity contribution in [3.8, 4) is 0 Å². The molecule has 0 saturated heterocycles. The second kappa shape index (κ2) is 7.04. The van der Waals surface area contributed by atoms with Crippen LogP contribution in [0.3, 0.4) is 0 Å². The minimum atomic E-state index is -0.0931. The Morgan fingerprint density at radius 1 is 1.30 bits per heavy atom. The Morgan fingerprint density at radius 2 is 2.13 bits per heavy atom. The number of carbonyl (C=O) groups is 1. The zero-order valence-corrected chi connectivity index (χ0v) is 13.5. The van der Waals surface area contributed by atoms with E-state index >= 15 is 0 Å². The van der Waals surface area contributed by atoms with Crippen LogP contribution >= 0.6 is 11.6 Å². The summed E-state index contributed by atoms with van der Waals surface area (Å²) in [5, 5.41) is 14.7. The minimum absolute atomic E-state index is 0.0326. The zero-order valence-electron chi connectivity index (χ0n) is 12.8. The van der Waals surface area contributed by atoms with Gasteiger partial charge >= 0.3 is 0 Å². The fourth-order valence-corrected chi connectivity index (χ4v) is 3.38. The van der Waals surface area contributed by atoms with Crippen LogP contribution in [0.4, 0.5) is 5.82 Å². The van der Waals surface area contributed by atoms with Crippen molar-refractivity contribution in [2.45, 2.75) is 45.1 Å². The van der Waals surface area contributed by atoms with Crippen LogP contribution in [0, 0.1) is 5.41 Å². The van der Waals surface area contributed by atoms with Crippen molar-refractivity contribution in [2.75, 3.05) is 5.32 Å². The molecule has 1 amide bonds. The summed E-state index contributed by atoms with van der Waals surface area (Å²) in [6, 6.07) is 3.41. The molecule has 2 aromatic heterocycles. The van der Waals surface area contributed by atoms with E-state index in [1.54, 1.807) is 23.1 Å². The van der Waals surface area contributed by atoms with Crippen molar-refractivity contribution < 1.29 is 4.79 Å². The quantitative estimate of drug-likeness (QED) is 0.908. The molecule has 0 radical (unpaired) electrons. The summed E-state index contributed by atoms with van der Waals surface area (Å²) in [6.07, 6.45) is 9.07. The van der Waals surface area contributed by atoms with Crippen LogP contribution in [0.25, 0.3) is 0 Å². The highest BCUT2D eigenvalue weighted by atomic mass is 35.5. The first-order chi connectivity index (χ1) is 11.2. The van der Waals surface area contributed by atoms with Gasteiger partial charge in [-0.25, -0.2) is 9.67 Å². The molecular formula is C15H19ClN6O. The van der Waals surface area contributed by atoms with Gasteiger partial charge in [-0.3, -0.25) is 4.79 Å². The van der Waals surface area contributed by atoms with E-state index in [4.69, 9.17) is 11.6 Å². The normalized spacial score (nSPS) is 16.9. The summed E-state index contributed by atoms with van der Waals surface area (Å²) in [6.45, 7) is 0.668. The van der Waals surface area contributed by atoms with Crippen molar-refractivity contribution >= 4 is 23.3 Å². The lowest BCUT2D eigenvalue weighted by atomic mass is 9.71. The fourth-order valence-electron chi connectivity index (χ4n) is 3.27. The molecule has 0 bridgehead atoms. The average molecular weight is 335 g/mol. The second-order valence-electron chi connectivity index (χ2n) is 6.15. The molecule has 2 aromatic rings. The molecule has 0 aromatic carbocycles. The van der Waals surface area contributed by atoms with Crippen molar-refractivity contribution in [1.82, 2.24) is 25.2 Å². The largest absolute Gasteiger partial charge is 0.311 e. The lowest BCUT2D eigenvalue weighted by molar-refractivity contribution is -0.119. The van der Waals surface area contributed by atoms with Crippen LogP contribution in [0.5, 0.6) is 0 Å². The molecule has 0 aliphatic heterocycles. The van der Waals surface area contributed by atoms with E-state index in [2.05, 4.69) is 25.8 Å². The van der Waals surface area contributed by atoms with Crippen molar-refractivity contribution in [1.29, 1.82) is 0 Å². The van der Waals surface area contributed by atoms with Crippen molar-refractivity contribution in [3.05, 3.63) is 29.7 Å². The molecule has 0 spiro atoms. The molecule has 1 aliphatic carbocycles. The van der Waals surface area contributed by atoms with E-state index in [1.165, 1.54) is 12.6 Å². The maximum atomic E-state index is 12.5. The molecule has 23 heavy (non-hydrogen) atoms. The monoisotopic (exact) mass is 334 g/mol. The van der Waals surface area contributed by atoms with Crippen LogP contribution in [0.1, 0.15) is 38.5 Å². The van der Waals surface area contributed by atoms with Crippen molar-refractivity contribution in [3.63, 3.8) is 0 Å². The van der Waals surface area contributed by atoms with Gasteiger partial charge in [0.15, 0.2) is 0 Å². The number of halogens is 1. The van der Waals surface area contributed by atoms with E-state index in [-0.39, 0.29) is 11.3 Å². The van der Waals surface area contributed by atoms with Crippen LogP contribution in [0.2, 0.25) is 5.02 Å². The average Bonchev–Trinajstić information content (AvgIpc) is 3.03. The summed E-state index contributed by atoms with van der Waals surface area (Å²) < 4.78 is 1.72. The molecule has 7 nitrogen and oxygen atoms in total. The number of nitrogens with zero attached hydrogens (tertiary/aromatic N) is 5. The van der Waals surface area contributed by atoms with Gasteiger partial charge in [0.05, 0.1) is 11.6 Å². The first kappa shape index (κ1) is 15.9. The molecule has 2 heterocycles. The SMILES string of the molecule is O=C(CC1(Cn2cnnn2)CCCCC1)Nc1ccc(Cl)cn1. The first-order valence-corrected chi connectivity index (χ1v) is 8.15. The van der Waals surface area contributed by atoms with Gasteiger partial charge in [0.2, 0.25) is 5.91 Å². The standard InChI is InChI=1S/C15H19ClN6O/c16-12-4-5-13(17-9-12)19-14(23)8-15(6-2-1-3-7-15)10-22-11-18-20-21-22/h4-5,9,11H,1-3,6-8,10H2,(H,17,19,23). The number of hydrogen-bond acceptors (Lipinski definition) is 5. The fraction of sp³-hybridized carbons (Fsp3) is 0.533. The van der Waals surface area contributed by atoms with Gasteiger partial charge in [-0.2, -0.15) is 0 Å². The smallest absolute Gasteiger partial charge is 0.226 e. The first-order valence-electron chi connectivity index (χ1n) is 7.77. The molecule has 0 atom stereocenters. The molecule has 1 N–H and O–H groups in total. The van der Waals surface area contributed by atoms with Gasteiger partial charge in [-0.1, -0.05) is 30.9 Å². The van der Waals surface area contributed by atoms with E-state index < -0.39 is 0 Å². The number of nitrogens with one attached hydrogen (secondary N) is 1. The van der Waals surface area contributed by atoms with E-state index in [0.29, 0.717) is 23.8 Å². The maximum Gasteiger partial charge on any atom is 0.226 e. The summed E-state index contributed by atoms with van der Waals surface area (Å²) in [7, 11) is 0. The Kier molecular flexibility index (Phi) is 4.85. The lowest BCUT2D eigenvalue weighted by Crippen LogP contribution is -2.34. The van der Waals surface area contributed by atoms with Gasteiger partial charge in [0, 0.05) is 12.6 Å². The molecule has 0 unspecified atom stereocenters. The second-order valence-corrected chi connectivity index (χ2v) is 6.59. The Labute approximate surface area is 139 Å². The predicted octanol–water partition coefficient (Wildman–Crippen LogP) is 2.70. The highest BCUT2D eigenvalue weighted by Gasteiger charge is 2.35. The number of amides is 1. The third-order valence-electron chi connectivity index (χ3n) is 4.33. The zero-order chi connectivity index (χ0) is 16.1. The van der Waals surface area contributed by atoms with Crippen LogP contribution in [0.15, 0.2) is 24.7 Å². The van der Waals surface area contributed by atoms with Gasteiger partial charge in [-0.15, -0.1) is 5.10 Å². The van der Waals surface area contributed by atoms with Gasteiger partial charge in [-0.05, 0) is 40.8 Å². The highest BCUT2D eigenvalue weighted by molar-refractivity contribution is 6.30. The maximum absolute atomic E-state index is 12.5. The molecule has 1 saturated carbocycles. The van der Waals surface area contributed by atoms with Gasteiger partial charge < -0.3 is 5.32 Å². The Balaban J connectivity index is 1.67. The summed E-state index contributed by atoms with van der Waals surface area (Å²) >= 11 is 5.81. The Morgan fingerprint density at radius 3 is 2.78 bits per heavy atom. The molecule has 8 heteroatoms. The number of carbonyl (C=O) groups excluding carboxylic acids is 1. The summed E-state index contributed by atoms with van der Waals surface area (Å²) in [5.74, 6) is 0.488. The topological polar surface area (TPSA) is 85.6 Å². The van der Waals surface area contributed by atoms with Gasteiger partial charge in [0.1, 0.15) is 12.1 Å². The number of rotatable bonds is 5. The summed E-state index contributed by atoms with van der Waals surface area (Å²) in [5.41, 5.74) is -0.0931. The third-order valence-corrected chi connectivity index (χ3v) is 4.56. The Bertz CT molecular complexity index is 636. The molecule has 1 aliphatic rings. The van der Waals surface area contributed by atoms with Crippen LogP contribution < -0.4 is 5.32 Å². The number of hydrogen-bond donors (Lipinski definition) is 1. The third kappa shape index (κ3) is 4.25. The minimum Gasteiger partial charge on any atom is -0.311 e. The van der Waals surface area contributed by atoms with Crippen LogP contribution in [-0.2, 0) is 11.3 Å². The molecule has 1 fully saturated rings. The highest BCUT2D eigenvalue weighted by Crippen LogP contribution is 2.40. The number of tetrazole rings is 1. The van der Waals surface area contributed by atoms with Gasteiger partial charge in [0.25, 0.3) is 0 Å². The van der Waals surface area contributed by atoms with Crippen LogP contribution in [-0.4, -0.2) is 31.1 Å². The lowest BCUT2D eigenvalue weighted by Gasteiger charge is -2.36. The van der Waals surface area contributed by atoms with E-state index in [1.807, 2.05) is 0 Å². The molecule has 3 rings (SSSR count). The predicted molar refractivity (Wildman–Crippen MR) is 85.8 cm³/mol. The van der Waals surface area contributed by atoms with E-state index in [9.17, 15) is 4.79 Å². The van der Waals surface area contributed by atoms with Crippen molar-refractivity contribution in [2.24, 2.45) is 5.41 Å². The number of anilines is 1. The summed E-state index contributed by atoms with van der Waals surface area (Å²) in [4.78, 5) is 16.6. The molecular weight excluding hydrogens is 316 g/mol.